The summed E-state index contributed by atoms with van der Waals surface area (Å²) in [6, 6.07) is 5.33. The summed E-state index contributed by atoms with van der Waals surface area (Å²) in [6.45, 7) is 3.71. The summed E-state index contributed by atoms with van der Waals surface area (Å²) < 4.78 is 0. The minimum absolute atomic E-state index is 0.462. The van der Waals surface area contributed by atoms with Gasteiger partial charge in [0.2, 0.25) is 0 Å². The van der Waals surface area contributed by atoms with Crippen LogP contribution in [0.3, 0.4) is 0 Å². The number of carboxylic acid groups (broad SMARTS) is 1. The summed E-state index contributed by atoms with van der Waals surface area (Å²) >= 11 is 0. The first kappa shape index (κ1) is 10.4. The zero-order valence-electron chi connectivity index (χ0n) is 8.15. The molecule has 1 N–H and O–H groups in total. The van der Waals surface area contributed by atoms with Gasteiger partial charge in [0.15, 0.2) is 0 Å². The van der Waals surface area contributed by atoms with Gasteiger partial charge in [-0.05, 0) is 30.5 Å². The van der Waals surface area contributed by atoms with Crippen LogP contribution in [-0.4, -0.2) is 17.4 Å². The fourth-order valence-corrected chi connectivity index (χ4v) is 1.38. The van der Waals surface area contributed by atoms with Crippen LogP contribution in [0.1, 0.15) is 22.6 Å². The molecule has 0 heterocycles. The number of rotatable bonds is 3. The predicted molar refractivity (Wildman–Crippen MR) is 52.4 cm³/mol. The van der Waals surface area contributed by atoms with Gasteiger partial charge in [-0.3, -0.25) is 4.79 Å². The molecule has 0 spiro atoms. The summed E-state index contributed by atoms with van der Waals surface area (Å²) in [5.74, 6) is -2.15. The van der Waals surface area contributed by atoms with Crippen LogP contribution < -0.4 is 0 Å². The lowest BCUT2D eigenvalue weighted by molar-refractivity contribution is -0.140. The van der Waals surface area contributed by atoms with Crippen LogP contribution >= 0.6 is 0 Å². The van der Waals surface area contributed by atoms with E-state index in [1.54, 1.807) is 12.1 Å². The van der Waals surface area contributed by atoms with E-state index < -0.39 is 11.9 Å². The molecule has 3 heteroatoms. The predicted octanol–water partition coefficient (Wildman–Crippen LogP) is 1.67. The van der Waals surface area contributed by atoms with Gasteiger partial charge < -0.3 is 9.90 Å². The number of carbonyl (C=O) groups excluding carboxylic acids is 1. The summed E-state index contributed by atoms with van der Waals surface area (Å²) in [7, 11) is 0. The summed E-state index contributed by atoms with van der Waals surface area (Å²) in [5.41, 5.74) is 2.44. The molecule has 0 saturated carbocycles. The normalized spacial score (nSPS) is 12.1. The van der Waals surface area contributed by atoms with Gasteiger partial charge in [0, 0.05) is 0 Å². The van der Waals surface area contributed by atoms with Gasteiger partial charge in [0.25, 0.3) is 0 Å². The molecule has 0 saturated heterocycles. The molecule has 1 aromatic carbocycles. The monoisotopic (exact) mass is 192 g/mol. The molecule has 14 heavy (non-hydrogen) atoms. The van der Waals surface area contributed by atoms with Crippen molar-refractivity contribution >= 4 is 12.3 Å². The van der Waals surface area contributed by atoms with Crippen LogP contribution in [0.25, 0.3) is 0 Å². The van der Waals surface area contributed by atoms with Crippen LogP contribution in [0.2, 0.25) is 0 Å². The Morgan fingerprint density at radius 1 is 1.43 bits per heavy atom. The van der Waals surface area contributed by atoms with E-state index in [2.05, 4.69) is 0 Å². The first-order valence-corrected chi connectivity index (χ1v) is 4.32. The number of hydrogen-bond donors (Lipinski definition) is 1. The van der Waals surface area contributed by atoms with Gasteiger partial charge in [-0.1, -0.05) is 18.2 Å². The van der Waals surface area contributed by atoms with Gasteiger partial charge in [0.05, 0.1) is 0 Å². The first-order chi connectivity index (χ1) is 6.57. The van der Waals surface area contributed by atoms with Crippen molar-refractivity contribution in [2.24, 2.45) is 0 Å². The smallest absolute Gasteiger partial charge is 0.318 e. The molecule has 1 unspecified atom stereocenters. The Morgan fingerprint density at radius 3 is 2.57 bits per heavy atom. The Morgan fingerprint density at radius 2 is 2.07 bits per heavy atom. The maximum Gasteiger partial charge on any atom is 0.318 e. The minimum atomic E-state index is -1.10. The van der Waals surface area contributed by atoms with E-state index in [1.807, 2.05) is 19.9 Å². The maximum atomic E-state index is 10.8. The van der Waals surface area contributed by atoms with Crippen molar-refractivity contribution in [3.05, 3.63) is 34.9 Å². The second-order valence-electron chi connectivity index (χ2n) is 3.24. The molecule has 74 valence electrons. The highest BCUT2D eigenvalue weighted by atomic mass is 16.4. The second-order valence-corrected chi connectivity index (χ2v) is 3.24. The van der Waals surface area contributed by atoms with Gasteiger partial charge in [-0.25, -0.2) is 0 Å². The third-order valence-electron chi connectivity index (χ3n) is 2.38. The van der Waals surface area contributed by atoms with Crippen molar-refractivity contribution < 1.29 is 14.7 Å². The van der Waals surface area contributed by atoms with Crippen LogP contribution in [0, 0.1) is 13.8 Å². The molecular formula is C11H12O3. The zero-order valence-corrected chi connectivity index (χ0v) is 8.15. The Labute approximate surface area is 82.4 Å². The lowest BCUT2D eigenvalue weighted by Gasteiger charge is -2.10. The topological polar surface area (TPSA) is 54.4 Å². The standard InChI is InChI=1S/C11H12O3/c1-7-4-3-5-9(8(7)2)10(6-12)11(13)14/h3-6,10H,1-2H3,(H,13,14). The Balaban J connectivity index is 3.23. The number of carboxylic acids is 1. The molecular weight excluding hydrogens is 180 g/mol. The summed E-state index contributed by atoms with van der Waals surface area (Å²) in [6.07, 6.45) is 0.462. The van der Waals surface area contributed by atoms with Gasteiger partial charge >= 0.3 is 5.97 Å². The fourth-order valence-electron chi connectivity index (χ4n) is 1.38. The van der Waals surface area contributed by atoms with Crippen molar-refractivity contribution in [2.75, 3.05) is 0 Å². The molecule has 0 aromatic heterocycles. The van der Waals surface area contributed by atoms with Gasteiger partial charge in [0.1, 0.15) is 12.2 Å². The lowest BCUT2D eigenvalue weighted by Crippen LogP contribution is -2.14. The third-order valence-corrected chi connectivity index (χ3v) is 2.38. The molecule has 0 radical (unpaired) electrons. The molecule has 0 aliphatic carbocycles. The van der Waals surface area contributed by atoms with Gasteiger partial charge in [-0.15, -0.1) is 0 Å². The lowest BCUT2D eigenvalue weighted by atomic mass is 9.93. The van der Waals surface area contributed by atoms with E-state index in [-0.39, 0.29) is 0 Å². The number of carbonyl (C=O) groups is 2. The molecule has 0 aliphatic heterocycles. The molecule has 0 bridgehead atoms. The van der Waals surface area contributed by atoms with Crippen molar-refractivity contribution in [3.8, 4) is 0 Å². The number of aryl methyl sites for hydroxylation is 1. The molecule has 1 rings (SSSR count). The molecule has 1 aromatic rings. The number of aliphatic carboxylic acids is 1. The Kier molecular flexibility index (Phi) is 3.02. The van der Waals surface area contributed by atoms with E-state index in [9.17, 15) is 9.59 Å². The van der Waals surface area contributed by atoms with E-state index >= 15 is 0 Å². The van der Waals surface area contributed by atoms with E-state index in [0.29, 0.717) is 11.8 Å². The first-order valence-electron chi connectivity index (χ1n) is 4.32. The molecule has 0 amide bonds. The number of benzene rings is 1. The maximum absolute atomic E-state index is 10.8. The largest absolute Gasteiger partial charge is 0.480 e. The highest BCUT2D eigenvalue weighted by Crippen LogP contribution is 2.20. The van der Waals surface area contributed by atoms with Crippen molar-refractivity contribution in [1.29, 1.82) is 0 Å². The highest BCUT2D eigenvalue weighted by Gasteiger charge is 2.20. The molecule has 0 fully saturated rings. The zero-order chi connectivity index (χ0) is 10.7. The SMILES string of the molecule is Cc1cccc(C(C=O)C(=O)O)c1C. The third kappa shape index (κ3) is 1.82. The van der Waals surface area contributed by atoms with Crippen LogP contribution in [0.4, 0.5) is 0 Å². The number of hydrogen-bond acceptors (Lipinski definition) is 2. The van der Waals surface area contributed by atoms with Crippen molar-refractivity contribution in [1.82, 2.24) is 0 Å². The van der Waals surface area contributed by atoms with E-state index in [1.165, 1.54) is 0 Å². The Hall–Kier alpha value is -1.64. The molecule has 3 nitrogen and oxygen atoms in total. The average molecular weight is 192 g/mol. The van der Waals surface area contributed by atoms with E-state index in [0.717, 1.165) is 11.1 Å². The second kappa shape index (κ2) is 4.05. The van der Waals surface area contributed by atoms with Crippen molar-refractivity contribution in [2.45, 2.75) is 19.8 Å². The number of aldehydes is 1. The summed E-state index contributed by atoms with van der Waals surface area (Å²) in [4.78, 5) is 21.4. The van der Waals surface area contributed by atoms with Crippen LogP contribution in [0.5, 0.6) is 0 Å². The van der Waals surface area contributed by atoms with Crippen molar-refractivity contribution in [3.63, 3.8) is 0 Å². The van der Waals surface area contributed by atoms with Crippen LogP contribution in [-0.2, 0) is 9.59 Å². The summed E-state index contributed by atoms with van der Waals surface area (Å²) in [5, 5.41) is 8.81. The minimum Gasteiger partial charge on any atom is -0.480 e. The molecule has 0 aliphatic rings. The fraction of sp³-hybridized carbons (Fsp3) is 0.273. The van der Waals surface area contributed by atoms with Crippen LogP contribution in [0.15, 0.2) is 18.2 Å². The Bertz CT molecular complexity index is 369. The van der Waals surface area contributed by atoms with Gasteiger partial charge in [-0.2, -0.15) is 0 Å². The van der Waals surface area contributed by atoms with E-state index in [4.69, 9.17) is 5.11 Å². The highest BCUT2D eigenvalue weighted by molar-refractivity contribution is 5.93. The quantitative estimate of drug-likeness (QED) is 0.585. The average Bonchev–Trinajstić information content (AvgIpc) is 2.13. The molecule has 1 atom stereocenters.